The summed E-state index contributed by atoms with van der Waals surface area (Å²) in [6.07, 6.45) is 2.74. The molecule has 0 unspecified atom stereocenters. The van der Waals surface area contributed by atoms with E-state index in [0.29, 0.717) is 11.3 Å². The Morgan fingerprint density at radius 1 is 0.971 bits per heavy atom. The van der Waals surface area contributed by atoms with E-state index in [1.165, 1.54) is 27.8 Å². The summed E-state index contributed by atoms with van der Waals surface area (Å²) in [5.41, 5.74) is 1.98. The zero-order valence-electron chi connectivity index (χ0n) is 18.2. The second-order valence-corrected chi connectivity index (χ2v) is 7.73. The quantitative estimate of drug-likeness (QED) is 0.300. The van der Waals surface area contributed by atoms with Crippen LogP contribution in [0.15, 0.2) is 96.2 Å². The summed E-state index contributed by atoms with van der Waals surface area (Å²) in [6.45, 7) is 0.235. The molecule has 35 heavy (non-hydrogen) atoms. The number of nitrogens with zero attached hydrogens (tertiary/aromatic N) is 5. The van der Waals surface area contributed by atoms with Crippen LogP contribution >= 0.6 is 0 Å². The number of rotatable bonds is 6. The molecule has 0 atom stereocenters. The molecule has 1 N–H and O–H groups in total. The topological polar surface area (TPSA) is 125 Å². The number of para-hydroxylation sites is 3. The van der Waals surface area contributed by atoms with E-state index in [2.05, 4.69) is 15.4 Å². The predicted octanol–water partition coefficient (Wildman–Crippen LogP) is 3.79. The molecule has 0 saturated carbocycles. The number of hydrogen-bond acceptors (Lipinski definition) is 6. The van der Waals surface area contributed by atoms with Crippen LogP contribution in [0.25, 0.3) is 16.7 Å². The van der Waals surface area contributed by atoms with Gasteiger partial charge in [-0.2, -0.15) is 5.10 Å². The Bertz CT molecular complexity index is 1610. The van der Waals surface area contributed by atoms with Crippen molar-refractivity contribution in [3.05, 3.63) is 123 Å². The minimum Gasteiger partial charge on any atom is -0.322 e. The maximum absolute atomic E-state index is 13.0. The fourth-order valence-corrected chi connectivity index (χ4v) is 3.72. The van der Waals surface area contributed by atoms with E-state index >= 15 is 0 Å². The van der Waals surface area contributed by atoms with Crippen molar-refractivity contribution in [1.29, 1.82) is 0 Å². The summed E-state index contributed by atoms with van der Waals surface area (Å²) < 4.78 is 2.71. The second-order valence-electron chi connectivity index (χ2n) is 7.73. The molecule has 10 nitrogen and oxygen atoms in total. The number of fused-ring (bicyclic) bond motifs is 1. The predicted molar refractivity (Wildman–Crippen MR) is 130 cm³/mol. The van der Waals surface area contributed by atoms with Crippen LogP contribution in [0.1, 0.15) is 15.9 Å². The third-order valence-corrected chi connectivity index (χ3v) is 5.46. The van der Waals surface area contributed by atoms with Gasteiger partial charge >= 0.3 is 0 Å². The number of nitrogens with one attached hydrogen (secondary N) is 1. The molecule has 0 aliphatic heterocycles. The molecular weight excluding hydrogens is 448 g/mol. The Labute approximate surface area is 198 Å². The Balaban J connectivity index is 1.39. The van der Waals surface area contributed by atoms with E-state index in [-0.39, 0.29) is 40.4 Å². The summed E-state index contributed by atoms with van der Waals surface area (Å²) >= 11 is 0. The highest BCUT2D eigenvalue weighted by molar-refractivity contribution is 6.04. The molecule has 5 rings (SSSR count). The van der Waals surface area contributed by atoms with Gasteiger partial charge in [-0.15, -0.1) is 0 Å². The lowest BCUT2D eigenvalue weighted by Gasteiger charge is -2.08. The molecule has 0 fully saturated rings. The van der Waals surface area contributed by atoms with Crippen molar-refractivity contribution in [2.24, 2.45) is 0 Å². The van der Waals surface area contributed by atoms with Crippen LogP contribution in [-0.4, -0.2) is 30.2 Å². The van der Waals surface area contributed by atoms with Gasteiger partial charge in [0.15, 0.2) is 5.65 Å². The lowest BCUT2D eigenvalue weighted by Crippen LogP contribution is -2.21. The van der Waals surface area contributed by atoms with Crippen molar-refractivity contribution >= 4 is 28.3 Å². The molecule has 0 bridgehead atoms. The summed E-state index contributed by atoms with van der Waals surface area (Å²) in [7, 11) is 0. The summed E-state index contributed by atoms with van der Waals surface area (Å²) in [5.74, 6) is -0.231. The number of carbonyl (C=O) groups is 1. The number of anilines is 1. The highest BCUT2D eigenvalue weighted by Crippen LogP contribution is 2.24. The van der Waals surface area contributed by atoms with Gasteiger partial charge in [-0.1, -0.05) is 42.5 Å². The van der Waals surface area contributed by atoms with Gasteiger partial charge in [-0.3, -0.25) is 24.3 Å². The minimum absolute atomic E-state index is 0.139. The summed E-state index contributed by atoms with van der Waals surface area (Å²) in [5, 5.41) is 18.6. The molecule has 3 aromatic carbocycles. The molecule has 1 amide bonds. The first kappa shape index (κ1) is 21.7. The van der Waals surface area contributed by atoms with Crippen molar-refractivity contribution in [2.45, 2.75) is 6.54 Å². The molecule has 172 valence electrons. The van der Waals surface area contributed by atoms with E-state index in [4.69, 9.17) is 0 Å². The van der Waals surface area contributed by atoms with Crippen molar-refractivity contribution in [3.8, 4) is 5.69 Å². The molecule has 0 spiro atoms. The zero-order chi connectivity index (χ0) is 24.4. The van der Waals surface area contributed by atoms with E-state index in [1.54, 1.807) is 54.6 Å². The van der Waals surface area contributed by atoms with Gasteiger partial charge in [-0.25, -0.2) is 9.67 Å². The van der Waals surface area contributed by atoms with Crippen molar-refractivity contribution < 1.29 is 9.72 Å². The van der Waals surface area contributed by atoms with E-state index in [0.717, 1.165) is 5.56 Å². The Kier molecular flexibility index (Phi) is 5.60. The molecule has 2 heterocycles. The first-order chi connectivity index (χ1) is 17.0. The van der Waals surface area contributed by atoms with E-state index < -0.39 is 4.92 Å². The first-order valence-corrected chi connectivity index (χ1v) is 10.6. The SMILES string of the molecule is O=C(Nc1ccccc1)c1ccc(Cn2cnc3c(cnn3-c3ccccc3[N+](=O)[O-])c2=O)cc1. The van der Waals surface area contributed by atoms with Crippen LogP contribution in [-0.2, 0) is 6.54 Å². The fourth-order valence-electron chi connectivity index (χ4n) is 3.72. The molecule has 10 heteroatoms. The highest BCUT2D eigenvalue weighted by Gasteiger charge is 2.19. The van der Waals surface area contributed by atoms with Crippen LogP contribution in [0.4, 0.5) is 11.4 Å². The number of benzene rings is 3. The fraction of sp³-hybridized carbons (Fsp3) is 0.0400. The van der Waals surface area contributed by atoms with Gasteiger partial charge < -0.3 is 5.32 Å². The number of carbonyl (C=O) groups excluding carboxylic acids is 1. The van der Waals surface area contributed by atoms with Crippen LogP contribution in [0.2, 0.25) is 0 Å². The van der Waals surface area contributed by atoms with E-state index in [1.807, 2.05) is 18.2 Å². The third-order valence-electron chi connectivity index (χ3n) is 5.46. The second kappa shape index (κ2) is 9.02. The maximum atomic E-state index is 13.0. The number of hydrogen-bond donors (Lipinski definition) is 1. The third kappa shape index (κ3) is 4.27. The molecular formula is C25H18N6O4. The number of aromatic nitrogens is 4. The molecule has 2 aromatic heterocycles. The van der Waals surface area contributed by atoms with Gasteiger partial charge in [0.1, 0.15) is 17.4 Å². The molecule has 0 radical (unpaired) electrons. The van der Waals surface area contributed by atoms with Crippen molar-refractivity contribution in [2.75, 3.05) is 5.32 Å². The average molecular weight is 466 g/mol. The Hall–Kier alpha value is -5.12. The van der Waals surface area contributed by atoms with Gasteiger partial charge in [0.25, 0.3) is 17.2 Å². The Morgan fingerprint density at radius 2 is 1.69 bits per heavy atom. The van der Waals surface area contributed by atoms with Crippen LogP contribution in [0, 0.1) is 10.1 Å². The smallest absolute Gasteiger partial charge is 0.294 e. The highest BCUT2D eigenvalue weighted by atomic mass is 16.6. The molecule has 0 aliphatic carbocycles. The lowest BCUT2D eigenvalue weighted by atomic mass is 10.1. The van der Waals surface area contributed by atoms with Gasteiger partial charge in [0.2, 0.25) is 0 Å². The summed E-state index contributed by atoms with van der Waals surface area (Å²) in [6, 6.07) is 22.2. The average Bonchev–Trinajstić information content (AvgIpc) is 3.31. The largest absolute Gasteiger partial charge is 0.322 e. The molecule has 0 saturated heterocycles. The Morgan fingerprint density at radius 3 is 2.43 bits per heavy atom. The standard InChI is InChI=1S/C25H18N6O4/c32-24(28-19-6-2-1-3-7-19)18-12-10-17(11-13-18)15-29-16-26-23-20(25(29)33)14-27-30(23)21-8-4-5-9-22(21)31(34)35/h1-14,16H,15H2,(H,28,32). The molecule has 0 aliphatic rings. The number of nitro groups is 1. The normalized spacial score (nSPS) is 10.9. The van der Waals surface area contributed by atoms with E-state index in [9.17, 15) is 19.7 Å². The monoisotopic (exact) mass is 466 g/mol. The zero-order valence-corrected chi connectivity index (χ0v) is 18.2. The van der Waals surface area contributed by atoms with Crippen LogP contribution in [0.3, 0.4) is 0 Å². The minimum atomic E-state index is -0.506. The van der Waals surface area contributed by atoms with Gasteiger partial charge in [-0.05, 0) is 35.9 Å². The lowest BCUT2D eigenvalue weighted by molar-refractivity contribution is -0.384. The number of nitro benzene ring substituents is 1. The molecule has 5 aromatic rings. The van der Waals surface area contributed by atoms with Crippen molar-refractivity contribution in [3.63, 3.8) is 0 Å². The number of amides is 1. The summed E-state index contributed by atoms with van der Waals surface area (Å²) in [4.78, 5) is 40.7. The van der Waals surface area contributed by atoms with Gasteiger partial charge in [0, 0.05) is 17.3 Å². The van der Waals surface area contributed by atoms with Crippen LogP contribution in [0.5, 0.6) is 0 Å². The first-order valence-electron chi connectivity index (χ1n) is 10.6. The van der Waals surface area contributed by atoms with Crippen molar-refractivity contribution in [1.82, 2.24) is 19.3 Å². The maximum Gasteiger partial charge on any atom is 0.294 e. The van der Waals surface area contributed by atoms with Gasteiger partial charge in [0.05, 0.1) is 17.7 Å². The van der Waals surface area contributed by atoms with Crippen LogP contribution < -0.4 is 10.9 Å².